The molecule has 0 aromatic heterocycles. The molecule has 0 spiro atoms. The highest BCUT2D eigenvalue weighted by Crippen LogP contribution is 2.20. The Labute approximate surface area is 111 Å². The van der Waals surface area contributed by atoms with Crippen LogP contribution < -0.4 is 9.47 Å². The van der Waals surface area contributed by atoms with Crippen LogP contribution in [0, 0.1) is 0 Å². The van der Waals surface area contributed by atoms with E-state index in [-0.39, 0.29) is 6.54 Å². The summed E-state index contributed by atoms with van der Waals surface area (Å²) in [5.74, 6) is -0.352. The maximum Gasteiger partial charge on any atom is 0.323 e. The first-order valence-electron chi connectivity index (χ1n) is 5.71. The topological polar surface area (TPSA) is 76.1 Å². The molecule has 0 aliphatic rings. The molecule has 0 fully saturated rings. The lowest BCUT2D eigenvalue weighted by atomic mass is 10.3. The Bertz CT molecular complexity index is 460. The first kappa shape index (κ1) is 14.8. The molecule has 0 aliphatic heterocycles. The predicted molar refractivity (Wildman–Crippen MR) is 68.4 cm³/mol. The molecule has 1 rings (SSSR count). The molecule has 0 bridgehead atoms. The van der Waals surface area contributed by atoms with Crippen molar-refractivity contribution in [2.75, 3.05) is 20.7 Å². The minimum atomic E-state index is -1.07. The predicted octanol–water partition coefficient (Wildman–Crippen LogP) is 1.01. The van der Waals surface area contributed by atoms with Gasteiger partial charge in [-0.05, 0) is 19.1 Å². The lowest BCUT2D eigenvalue weighted by Gasteiger charge is -2.20. The minimum absolute atomic E-state index is 0.357. The molecule has 1 atom stereocenters. The number of ether oxygens (including phenoxy) is 2. The number of benzene rings is 1. The molecular formula is C13H17NO5. The number of hydrogen-bond donors (Lipinski definition) is 1. The fraction of sp³-hybridized carbons (Fsp3) is 0.385. The molecule has 1 unspecified atom stereocenters. The van der Waals surface area contributed by atoms with E-state index in [4.69, 9.17) is 14.6 Å². The van der Waals surface area contributed by atoms with Crippen molar-refractivity contribution >= 4 is 11.9 Å². The summed E-state index contributed by atoms with van der Waals surface area (Å²) in [4.78, 5) is 23.5. The standard InChI is InChI=1S/C13H17NO5/c1-9(13(17)14(2)8-12(15)16)19-11-6-4-5-10(7-11)18-3/h4-7,9H,8H2,1-3H3,(H,15,16). The van der Waals surface area contributed by atoms with Crippen LogP contribution in [0.2, 0.25) is 0 Å². The number of likely N-dealkylation sites (N-methyl/N-ethyl adjacent to an activating group) is 1. The largest absolute Gasteiger partial charge is 0.497 e. The summed E-state index contributed by atoms with van der Waals surface area (Å²) in [6, 6.07) is 6.85. The van der Waals surface area contributed by atoms with Crippen LogP contribution >= 0.6 is 0 Å². The average Bonchev–Trinajstić information content (AvgIpc) is 2.37. The molecule has 6 nitrogen and oxygen atoms in total. The third kappa shape index (κ3) is 4.50. The fourth-order valence-electron chi connectivity index (χ4n) is 1.52. The zero-order valence-corrected chi connectivity index (χ0v) is 11.1. The van der Waals surface area contributed by atoms with Gasteiger partial charge in [-0.1, -0.05) is 6.07 Å². The number of amides is 1. The Morgan fingerprint density at radius 3 is 2.58 bits per heavy atom. The van der Waals surface area contributed by atoms with Crippen molar-refractivity contribution in [1.82, 2.24) is 4.90 Å². The normalized spacial score (nSPS) is 11.5. The summed E-state index contributed by atoms with van der Waals surface area (Å²) in [5, 5.41) is 8.62. The van der Waals surface area contributed by atoms with E-state index in [1.165, 1.54) is 14.2 Å². The molecule has 0 radical (unpaired) electrons. The maximum absolute atomic E-state index is 11.8. The Balaban J connectivity index is 2.65. The van der Waals surface area contributed by atoms with E-state index in [1.807, 2.05) is 0 Å². The van der Waals surface area contributed by atoms with Gasteiger partial charge in [-0.15, -0.1) is 0 Å². The van der Waals surface area contributed by atoms with Gasteiger partial charge in [-0.25, -0.2) is 0 Å². The van der Waals surface area contributed by atoms with E-state index in [0.29, 0.717) is 11.5 Å². The van der Waals surface area contributed by atoms with Gasteiger partial charge < -0.3 is 19.5 Å². The molecule has 6 heteroatoms. The molecule has 1 aromatic rings. The molecule has 1 amide bonds. The Morgan fingerprint density at radius 2 is 2.00 bits per heavy atom. The van der Waals surface area contributed by atoms with Crippen molar-refractivity contribution < 1.29 is 24.2 Å². The Kier molecular flexibility index (Phi) is 5.17. The van der Waals surface area contributed by atoms with Gasteiger partial charge in [0.2, 0.25) is 0 Å². The molecule has 0 saturated heterocycles. The third-order valence-corrected chi connectivity index (χ3v) is 2.45. The molecule has 1 N–H and O–H groups in total. The van der Waals surface area contributed by atoms with Gasteiger partial charge in [-0.2, -0.15) is 0 Å². The smallest absolute Gasteiger partial charge is 0.323 e. The zero-order valence-electron chi connectivity index (χ0n) is 11.1. The van der Waals surface area contributed by atoms with Gasteiger partial charge >= 0.3 is 5.97 Å². The number of aliphatic carboxylic acids is 1. The van der Waals surface area contributed by atoms with Gasteiger partial charge in [0, 0.05) is 13.1 Å². The SMILES string of the molecule is COc1cccc(OC(C)C(=O)N(C)CC(=O)O)c1. The van der Waals surface area contributed by atoms with E-state index in [0.717, 1.165) is 4.90 Å². The monoisotopic (exact) mass is 267 g/mol. The van der Waals surface area contributed by atoms with Crippen molar-refractivity contribution in [3.8, 4) is 11.5 Å². The first-order valence-corrected chi connectivity index (χ1v) is 5.71. The molecular weight excluding hydrogens is 250 g/mol. The quantitative estimate of drug-likeness (QED) is 0.832. The summed E-state index contributed by atoms with van der Waals surface area (Å²) in [5.41, 5.74) is 0. The summed E-state index contributed by atoms with van der Waals surface area (Å²) < 4.78 is 10.5. The number of carbonyl (C=O) groups is 2. The van der Waals surface area contributed by atoms with E-state index >= 15 is 0 Å². The van der Waals surface area contributed by atoms with Crippen LogP contribution in [-0.4, -0.2) is 48.7 Å². The molecule has 0 aliphatic carbocycles. The molecule has 104 valence electrons. The van der Waals surface area contributed by atoms with Crippen molar-refractivity contribution in [2.24, 2.45) is 0 Å². The summed E-state index contributed by atoms with van der Waals surface area (Å²) in [7, 11) is 2.95. The van der Waals surface area contributed by atoms with Gasteiger partial charge in [0.05, 0.1) is 7.11 Å². The lowest BCUT2D eigenvalue weighted by molar-refractivity contribution is -0.146. The highest BCUT2D eigenvalue weighted by molar-refractivity contribution is 5.84. The first-order chi connectivity index (χ1) is 8.93. The number of carboxylic acids is 1. The Morgan fingerprint density at radius 1 is 1.37 bits per heavy atom. The van der Waals surface area contributed by atoms with Crippen molar-refractivity contribution in [3.63, 3.8) is 0 Å². The van der Waals surface area contributed by atoms with Crippen LogP contribution in [0.3, 0.4) is 0 Å². The minimum Gasteiger partial charge on any atom is -0.497 e. The third-order valence-electron chi connectivity index (χ3n) is 2.45. The molecule has 1 aromatic carbocycles. The zero-order chi connectivity index (χ0) is 14.4. The lowest BCUT2D eigenvalue weighted by Crippen LogP contribution is -2.40. The van der Waals surface area contributed by atoms with Gasteiger partial charge in [0.15, 0.2) is 6.10 Å². The molecule has 0 heterocycles. The number of rotatable bonds is 6. The maximum atomic E-state index is 11.8. The average molecular weight is 267 g/mol. The van der Waals surface area contributed by atoms with E-state index < -0.39 is 18.0 Å². The van der Waals surface area contributed by atoms with Crippen LogP contribution in [0.5, 0.6) is 11.5 Å². The van der Waals surface area contributed by atoms with Gasteiger partial charge in [0.25, 0.3) is 5.91 Å². The van der Waals surface area contributed by atoms with Crippen molar-refractivity contribution in [1.29, 1.82) is 0 Å². The molecule has 0 saturated carbocycles. The summed E-state index contributed by atoms with van der Waals surface area (Å²) in [6.45, 7) is 1.21. The van der Waals surface area contributed by atoms with E-state index in [2.05, 4.69) is 0 Å². The number of hydrogen-bond acceptors (Lipinski definition) is 4. The number of carbonyl (C=O) groups excluding carboxylic acids is 1. The van der Waals surface area contributed by atoms with Crippen LogP contribution in [0.1, 0.15) is 6.92 Å². The summed E-state index contributed by atoms with van der Waals surface area (Å²) >= 11 is 0. The second-order valence-electron chi connectivity index (χ2n) is 4.03. The van der Waals surface area contributed by atoms with Crippen LogP contribution in [-0.2, 0) is 9.59 Å². The van der Waals surface area contributed by atoms with Crippen LogP contribution in [0.15, 0.2) is 24.3 Å². The van der Waals surface area contributed by atoms with Gasteiger partial charge in [0.1, 0.15) is 18.0 Å². The number of methoxy groups -OCH3 is 1. The fourth-order valence-corrected chi connectivity index (χ4v) is 1.52. The van der Waals surface area contributed by atoms with E-state index in [9.17, 15) is 9.59 Å². The Hall–Kier alpha value is -2.24. The highest BCUT2D eigenvalue weighted by Gasteiger charge is 2.20. The van der Waals surface area contributed by atoms with Crippen LogP contribution in [0.25, 0.3) is 0 Å². The molecule has 19 heavy (non-hydrogen) atoms. The number of nitrogens with zero attached hydrogens (tertiary/aromatic N) is 1. The second-order valence-corrected chi connectivity index (χ2v) is 4.03. The van der Waals surface area contributed by atoms with Crippen molar-refractivity contribution in [2.45, 2.75) is 13.0 Å². The highest BCUT2D eigenvalue weighted by atomic mass is 16.5. The van der Waals surface area contributed by atoms with Crippen LogP contribution in [0.4, 0.5) is 0 Å². The number of carboxylic acid groups (broad SMARTS) is 1. The second kappa shape index (κ2) is 6.63. The summed E-state index contributed by atoms with van der Waals surface area (Å²) in [6.07, 6.45) is -0.767. The van der Waals surface area contributed by atoms with E-state index in [1.54, 1.807) is 31.2 Å². The van der Waals surface area contributed by atoms with Crippen molar-refractivity contribution in [3.05, 3.63) is 24.3 Å². The van der Waals surface area contributed by atoms with Gasteiger partial charge in [-0.3, -0.25) is 9.59 Å².